The third-order valence-electron chi connectivity index (χ3n) is 3.57. The highest BCUT2D eigenvalue weighted by Crippen LogP contribution is 2.21. The van der Waals surface area contributed by atoms with E-state index in [4.69, 9.17) is 4.74 Å². The lowest BCUT2D eigenvalue weighted by molar-refractivity contribution is -0.00156. The van der Waals surface area contributed by atoms with Gasteiger partial charge >= 0.3 is 0 Å². The molecule has 1 aliphatic heterocycles. The SMILES string of the molecule is COC1CN(C(=O)c2ccc(F)cc2)CCC1C. The molecule has 0 bridgehead atoms. The Labute approximate surface area is 107 Å². The molecule has 0 aromatic heterocycles. The quantitative estimate of drug-likeness (QED) is 0.807. The molecule has 1 heterocycles. The Hall–Kier alpha value is -1.42. The van der Waals surface area contributed by atoms with Gasteiger partial charge in [-0.15, -0.1) is 0 Å². The van der Waals surface area contributed by atoms with Gasteiger partial charge in [-0.25, -0.2) is 4.39 Å². The first-order valence-corrected chi connectivity index (χ1v) is 6.19. The van der Waals surface area contributed by atoms with Crippen LogP contribution in [0.5, 0.6) is 0 Å². The molecule has 0 spiro atoms. The third-order valence-corrected chi connectivity index (χ3v) is 3.57. The molecule has 1 amide bonds. The Morgan fingerprint density at radius 1 is 1.39 bits per heavy atom. The second-order valence-corrected chi connectivity index (χ2v) is 4.80. The van der Waals surface area contributed by atoms with Crippen LogP contribution in [0.25, 0.3) is 0 Å². The molecule has 0 saturated carbocycles. The zero-order valence-electron chi connectivity index (χ0n) is 10.7. The summed E-state index contributed by atoms with van der Waals surface area (Å²) in [5.74, 6) is 0.0878. The molecule has 18 heavy (non-hydrogen) atoms. The van der Waals surface area contributed by atoms with Gasteiger partial charge in [0.1, 0.15) is 5.82 Å². The van der Waals surface area contributed by atoms with Crippen LogP contribution in [-0.2, 0) is 4.74 Å². The lowest BCUT2D eigenvalue weighted by Crippen LogP contribution is -2.46. The summed E-state index contributed by atoms with van der Waals surface area (Å²) < 4.78 is 18.2. The van der Waals surface area contributed by atoms with Crippen molar-refractivity contribution in [2.75, 3.05) is 20.2 Å². The number of halogens is 1. The van der Waals surface area contributed by atoms with Gasteiger partial charge in [0.05, 0.1) is 6.10 Å². The number of benzene rings is 1. The largest absolute Gasteiger partial charge is 0.379 e. The second-order valence-electron chi connectivity index (χ2n) is 4.80. The van der Waals surface area contributed by atoms with Crippen LogP contribution in [0, 0.1) is 11.7 Å². The predicted molar refractivity (Wildman–Crippen MR) is 66.9 cm³/mol. The lowest BCUT2D eigenvalue weighted by Gasteiger charge is -2.36. The van der Waals surface area contributed by atoms with Crippen molar-refractivity contribution < 1.29 is 13.9 Å². The van der Waals surface area contributed by atoms with Crippen molar-refractivity contribution >= 4 is 5.91 Å². The van der Waals surface area contributed by atoms with E-state index in [2.05, 4.69) is 6.92 Å². The highest BCUT2D eigenvalue weighted by atomic mass is 19.1. The Kier molecular flexibility index (Phi) is 3.97. The maximum atomic E-state index is 12.8. The number of amides is 1. The molecule has 98 valence electrons. The minimum absolute atomic E-state index is 0.0519. The van der Waals surface area contributed by atoms with Gasteiger partial charge in [0.25, 0.3) is 5.91 Å². The molecule has 0 aliphatic carbocycles. The average Bonchev–Trinajstić information content (AvgIpc) is 2.39. The first-order chi connectivity index (χ1) is 8.61. The van der Waals surface area contributed by atoms with E-state index in [0.717, 1.165) is 13.0 Å². The van der Waals surface area contributed by atoms with Crippen LogP contribution in [0.2, 0.25) is 0 Å². The third kappa shape index (κ3) is 2.70. The number of methoxy groups -OCH3 is 1. The average molecular weight is 251 g/mol. The van der Waals surface area contributed by atoms with Gasteiger partial charge in [0.2, 0.25) is 0 Å². The number of carbonyl (C=O) groups excluding carboxylic acids is 1. The molecule has 1 aromatic rings. The molecule has 1 fully saturated rings. The van der Waals surface area contributed by atoms with E-state index in [1.165, 1.54) is 24.3 Å². The number of nitrogens with zero attached hydrogens (tertiary/aromatic N) is 1. The van der Waals surface area contributed by atoms with E-state index in [9.17, 15) is 9.18 Å². The smallest absolute Gasteiger partial charge is 0.253 e. The zero-order valence-corrected chi connectivity index (χ0v) is 10.7. The van der Waals surface area contributed by atoms with Gasteiger partial charge in [0.15, 0.2) is 0 Å². The molecule has 0 radical (unpaired) electrons. The summed E-state index contributed by atoms with van der Waals surface area (Å²) in [6, 6.07) is 5.68. The Morgan fingerprint density at radius 3 is 2.67 bits per heavy atom. The molecule has 4 heteroatoms. The van der Waals surface area contributed by atoms with E-state index in [1.807, 2.05) is 0 Å². The highest BCUT2D eigenvalue weighted by molar-refractivity contribution is 5.94. The summed E-state index contributed by atoms with van der Waals surface area (Å²) >= 11 is 0. The van der Waals surface area contributed by atoms with E-state index < -0.39 is 0 Å². The molecule has 1 aromatic carbocycles. The second kappa shape index (κ2) is 5.48. The highest BCUT2D eigenvalue weighted by Gasteiger charge is 2.29. The van der Waals surface area contributed by atoms with E-state index in [0.29, 0.717) is 18.0 Å². The maximum absolute atomic E-state index is 12.8. The van der Waals surface area contributed by atoms with Crippen molar-refractivity contribution in [3.8, 4) is 0 Å². The zero-order chi connectivity index (χ0) is 13.1. The normalized spacial score (nSPS) is 24.1. The fourth-order valence-corrected chi connectivity index (χ4v) is 2.30. The number of ether oxygens (including phenoxy) is 1. The number of hydrogen-bond acceptors (Lipinski definition) is 2. The number of carbonyl (C=O) groups is 1. The molecule has 2 unspecified atom stereocenters. The molecule has 2 rings (SSSR count). The van der Waals surface area contributed by atoms with Gasteiger partial charge in [0, 0.05) is 25.8 Å². The van der Waals surface area contributed by atoms with Crippen LogP contribution in [0.1, 0.15) is 23.7 Å². The monoisotopic (exact) mass is 251 g/mol. The molecular weight excluding hydrogens is 233 g/mol. The van der Waals surface area contributed by atoms with Crippen LogP contribution in [-0.4, -0.2) is 37.1 Å². The summed E-state index contributed by atoms with van der Waals surface area (Å²) in [5, 5.41) is 0. The summed E-state index contributed by atoms with van der Waals surface area (Å²) in [6.45, 7) is 3.47. The summed E-state index contributed by atoms with van der Waals surface area (Å²) in [4.78, 5) is 14.0. The topological polar surface area (TPSA) is 29.5 Å². The van der Waals surface area contributed by atoms with Crippen molar-refractivity contribution in [3.05, 3.63) is 35.6 Å². The minimum Gasteiger partial charge on any atom is -0.379 e. The van der Waals surface area contributed by atoms with Crippen molar-refractivity contribution in [1.82, 2.24) is 4.90 Å². The number of likely N-dealkylation sites (tertiary alicyclic amines) is 1. The summed E-state index contributed by atoms with van der Waals surface area (Å²) in [7, 11) is 1.67. The van der Waals surface area contributed by atoms with E-state index >= 15 is 0 Å². The Balaban J connectivity index is 2.07. The first kappa shape index (κ1) is 13.0. The van der Waals surface area contributed by atoms with Crippen molar-refractivity contribution in [2.45, 2.75) is 19.4 Å². The maximum Gasteiger partial charge on any atom is 0.253 e. The van der Waals surface area contributed by atoms with Crippen molar-refractivity contribution in [2.24, 2.45) is 5.92 Å². The summed E-state index contributed by atoms with van der Waals surface area (Å²) in [5.41, 5.74) is 0.529. The van der Waals surface area contributed by atoms with Crippen LogP contribution in [0.3, 0.4) is 0 Å². The van der Waals surface area contributed by atoms with Gasteiger partial charge < -0.3 is 9.64 Å². The minimum atomic E-state index is -0.325. The lowest BCUT2D eigenvalue weighted by atomic mass is 9.95. The predicted octanol–water partition coefficient (Wildman–Crippen LogP) is 2.32. The standard InChI is InChI=1S/C14H18FNO2/c1-10-7-8-16(9-13(10)18-2)14(17)11-3-5-12(15)6-4-11/h3-6,10,13H,7-9H2,1-2H3. The first-order valence-electron chi connectivity index (χ1n) is 6.19. The Morgan fingerprint density at radius 2 is 2.06 bits per heavy atom. The number of hydrogen-bond donors (Lipinski definition) is 0. The van der Waals surface area contributed by atoms with Crippen LogP contribution in [0.4, 0.5) is 4.39 Å². The van der Waals surface area contributed by atoms with Gasteiger partial charge in [-0.2, -0.15) is 0 Å². The molecule has 1 aliphatic rings. The van der Waals surface area contributed by atoms with Gasteiger partial charge in [-0.1, -0.05) is 6.92 Å². The van der Waals surface area contributed by atoms with Gasteiger partial charge in [-0.3, -0.25) is 4.79 Å². The molecule has 2 atom stereocenters. The number of rotatable bonds is 2. The van der Waals surface area contributed by atoms with E-state index in [1.54, 1.807) is 12.0 Å². The Bertz CT molecular complexity index is 418. The van der Waals surface area contributed by atoms with Crippen molar-refractivity contribution in [3.63, 3.8) is 0 Å². The van der Waals surface area contributed by atoms with Crippen LogP contribution >= 0.6 is 0 Å². The van der Waals surface area contributed by atoms with Crippen LogP contribution < -0.4 is 0 Å². The van der Waals surface area contributed by atoms with Crippen molar-refractivity contribution in [1.29, 1.82) is 0 Å². The molecule has 1 saturated heterocycles. The number of piperidine rings is 1. The fourth-order valence-electron chi connectivity index (χ4n) is 2.30. The molecular formula is C14H18FNO2. The van der Waals surface area contributed by atoms with E-state index in [-0.39, 0.29) is 17.8 Å². The van der Waals surface area contributed by atoms with Crippen LogP contribution in [0.15, 0.2) is 24.3 Å². The molecule has 3 nitrogen and oxygen atoms in total. The van der Waals surface area contributed by atoms with Gasteiger partial charge in [-0.05, 0) is 36.6 Å². The summed E-state index contributed by atoms with van der Waals surface area (Å²) in [6.07, 6.45) is 1.02. The molecule has 0 N–H and O–H groups in total. The fraction of sp³-hybridized carbons (Fsp3) is 0.500.